The molecule has 3 heterocycles. The minimum Gasteiger partial charge on any atom is -0.338 e. The minimum absolute atomic E-state index is 0.0397. The van der Waals surface area contributed by atoms with Crippen LogP contribution in [0.1, 0.15) is 44.1 Å². The summed E-state index contributed by atoms with van der Waals surface area (Å²) in [5.74, 6) is -0.285. The molecule has 1 amide bonds. The number of carbonyl (C=O) groups excluding carboxylic acids is 1. The standard InChI is InChI=1S/C29H31N5O3S/c30-21-24(29(35)32-15-6-2-7-16-32)19-25-22-34(26-12-4-1-5-13-26)31-28(25)23-11-10-14-27(20-23)38(36,37)33-17-8-3-9-18-33/h1,4-5,10-14,19-20,22H,2-3,6-9,15-18H2. The first-order valence-corrected chi connectivity index (χ1v) is 14.6. The van der Waals surface area contributed by atoms with Crippen molar-refractivity contribution in [1.29, 1.82) is 5.26 Å². The quantitative estimate of drug-likeness (QED) is 0.342. The number of aromatic nitrogens is 2. The van der Waals surface area contributed by atoms with Crippen molar-refractivity contribution in [2.24, 2.45) is 0 Å². The van der Waals surface area contributed by atoms with E-state index in [9.17, 15) is 18.5 Å². The van der Waals surface area contributed by atoms with E-state index in [1.165, 1.54) is 0 Å². The van der Waals surface area contributed by atoms with Gasteiger partial charge in [0.05, 0.1) is 10.6 Å². The number of hydrogen-bond acceptors (Lipinski definition) is 5. The number of hydrogen-bond donors (Lipinski definition) is 0. The predicted octanol–water partition coefficient (Wildman–Crippen LogP) is 4.63. The molecule has 2 aliphatic heterocycles. The van der Waals surface area contributed by atoms with Crippen LogP contribution in [0.15, 0.2) is 71.3 Å². The largest absolute Gasteiger partial charge is 0.338 e. The van der Waals surface area contributed by atoms with E-state index in [1.807, 2.05) is 36.4 Å². The molecule has 196 valence electrons. The summed E-state index contributed by atoms with van der Waals surface area (Å²) in [6.45, 7) is 2.33. The van der Waals surface area contributed by atoms with E-state index in [2.05, 4.69) is 6.07 Å². The molecule has 9 heteroatoms. The van der Waals surface area contributed by atoms with Gasteiger partial charge >= 0.3 is 0 Å². The van der Waals surface area contributed by atoms with Gasteiger partial charge in [0.2, 0.25) is 10.0 Å². The Morgan fingerprint density at radius 2 is 1.58 bits per heavy atom. The Labute approximate surface area is 223 Å². The van der Waals surface area contributed by atoms with Crippen molar-refractivity contribution in [3.8, 4) is 23.0 Å². The molecule has 0 N–H and O–H groups in total. The molecular weight excluding hydrogens is 498 g/mol. The zero-order valence-electron chi connectivity index (χ0n) is 21.3. The highest BCUT2D eigenvalue weighted by Crippen LogP contribution is 2.30. The Morgan fingerprint density at radius 1 is 0.895 bits per heavy atom. The molecule has 3 aromatic rings. The lowest BCUT2D eigenvalue weighted by molar-refractivity contribution is -0.127. The smallest absolute Gasteiger partial charge is 0.264 e. The predicted molar refractivity (Wildman–Crippen MR) is 146 cm³/mol. The number of nitrogens with zero attached hydrogens (tertiary/aromatic N) is 5. The number of likely N-dealkylation sites (tertiary alicyclic amines) is 1. The molecule has 2 aromatic carbocycles. The second-order valence-corrected chi connectivity index (χ2v) is 11.7. The van der Waals surface area contributed by atoms with Gasteiger partial charge in [0, 0.05) is 43.5 Å². The van der Waals surface area contributed by atoms with Crippen LogP contribution in [0.5, 0.6) is 0 Å². The molecule has 38 heavy (non-hydrogen) atoms. The highest BCUT2D eigenvalue weighted by molar-refractivity contribution is 7.89. The number of carbonyl (C=O) groups is 1. The van der Waals surface area contributed by atoms with Crippen molar-refractivity contribution in [2.45, 2.75) is 43.4 Å². The summed E-state index contributed by atoms with van der Waals surface area (Å²) < 4.78 is 30.0. The van der Waals surface area contributed by atoms with Gasteiger partial charge < -0.3 is 4.90 Å². The van der Waals surface area contributed by atoms with Gasteiger partial charge in [-0.2, -0.15) is 14.7 Å². The minimum atomic E-state index is -3.64. The summed E-state index contributed by atoms with van der Waals surface area (Å²) in [5, 5.41) is 14.7. The maximum Gasteiger partial charge on any atom is 0.264 e. The van der Waals surface area contributed by atoms with E-state index >= 15 is 0 Å². The number of benzene rings is 2. The summed E-state index contributed by atoms with van der Waals surface area (Å²) >= 11 is 0. The van der Waals surface area contributed by atoms with Gasteiger partial charge in [0.25, 0.3) is 5.91 Å². The number of sulfonamides is 1. The highest BCUT2D eigenvalue weighted by atomic mass is 32.2. The average molecular weight is 530 g/mol. The molecule has 0 unspecified atom stereocenters. The van der Waals surface area contributed by atoms with Crippen LogP contribution in [0.2, 0.25) is 0 Å². The molecule has 0 bridgehead atoms. The number of nitriles is 1. The van der Waals surface area contributed by atoms with Crippen LogP contribution in [-0.4, -0.2) is 59.5 Å². The van der Waals surface area contributed by atoms with E-state index < -0.39 is 10.0 Å². The van der Waals surface area contributed by atoms with E-state index in [4.69, 9.17) is 5.10 Å². The van der Waals surface area contributed by atoms with Gasteiger partial charge in [-0.1, -0.05) is 36.8 Å². The van der Waals surface area contributed by atoms with Crippen LogP contribution in [0, 0.1) is 11.3 Å². The van der Waals surface area contributed by atoms with E-state index in [0.717, 1.165) is 44.2 Å². The number of amides is 1. The van der Waals surface area contributed by atoms with Crippen LogP contribution in [0.4, 0.5) is 0 Å². The molecule has 0 aliphatic carbocycles. The second kappa shape index (κ2) is 11.3. The fourth-order valence-corrected chi connectivity index (χ4v) is 6.62. The third kappa shape index (κ3) is 5.42. The number of para-hydroxylation sites is 1. The Hall–Kier alpha value is -3.74. The van der Waals surface area contributed by atoms with Crippen LogP contribution < -0.4 is 0 Å². The topological polar surface area (TPSA) is 99.3 Å². The van der Waals surface area contributed by atoms with E-state index in [1.54, 1.807) is 44.4 Å². The van der Waals surface area contributed by atoms with Gasteiger partial charge in [0.15, 0.2) is 0 Å². The van der Waals surface area contributed by atoms with Gasteiger partial charge in [-0.05, 0) is 62.4 Å². The summed E-state index contributed by atoms with van der Waals surface area (Å²) in [6.07, 6.45) is 9.05. The lowest BCUT2D eigenvalue weighted by Crippen LogP contribution is -2.36. The number of rotatable bonds is 6. The van der Waals surface area contributed by atoms with Crippen LogP contribution in [0.3, 0.4) is 0 Å². The molecule has 0 saturated carbocycles. The fraction of sp³-hybridized carbons (Fsp3) is 0.345. The van der Waals surface area contributed by atoms with Gasteiger partial charge in [0.1, 0.15) is 17.3 Å². The van der Waals surface area contributed by atoms with Crippen molar-refractivity contribution < 1.29 is 13.2 Å². The van der Waals surface area contributed by atoms with E-state index in [-0.39, 0.29) is 16.4 Å². The zero-order valence-corrected chi connectivity index (χ0v) is 22.1. The Kier molecular flexibility index (Phi) is 7.72. The third-order valence-corrected chi connectivity index (χ3v) is 9.01. The normalized spacial score (nSPS) is 17.2. The van der Waals surface area contributed by atoms with Crippen LogP contribution in [0.25, 0.3) is 23.0 Å². The first-order chi connectivity index (χ1) is 18.5. The third-order valence-electron chi connectivity index (χ3n) is 7.12. The molecule has 2 aliphatic rings. The van der Waals surface area contributed by atoms with Crippen LogP contribution in [-0.2, 0) is 14.8 Å². The molecular formula is C29H31N5O3S. The molecule has 8 nitrogen and oxygen atoms in total. The summed E-state index contributed by atoms with van der Waals surface area (Å²) in [7, 11) is -3.64. The van der Waals surface area contributed by atoms with Crippen LogP contribution >= 0.6 is 0 Å². The first kappa shape index (κ1) is 25.9. The summed E-state index contributed by atoms with van der Waals surface area (Å²) in [5.41, 5.74) is 2.53. The fourth-order valence-electron chi connectivity index (χ4n) is 5.05. The van der Waals surface area contributed by atoms with Crippen molar-refractivity contribution in [3.05, 3.63) is 71.9 Å². The average Bonchev–Trinajstić information content (AvgIpc) is 3.41. The lowest BCUT2D eigenvalue weighted by Gasteiger charge is -2.26. The van der Waals surface area contributed by atoms with Crippen molar-refractivity contribution in [3.63, 3.8) is 0 Å². The summed E-state index contributed by atoms with van der Waals surface area (Å²) in [6, 6.07) is 18.4. The van der Waals surface area contributed by atoms with E-state index in [0.29, 0.717) is 43.0 Å². The second-order valence-electron chi connectivity index (χ2n) is 9.73. The van der Waals surface area contributed by atoms with Gasteiger partial charge in [-0.3, -0.25) is 4.79 Å². The number of piperidine rings is 2. The van der Waals surface area contributed by atoms with Crippen molar-refractivity contribution in [1.82, 2.24) is 19.0 Å². The summed E-state index contributed by atoms with van der Waals surface area (Å²) in [4.78, 5) is 15.1. The Morgan fingerprint density at radius 3 is 2.26 bits per heavy atom. The molecule has 0 radical (unpaired) electrons. The molecule has 0 spiro atoms. The van der Waals surface area contributed by atoms with Gasteiger partial charge in [-0.15, -0.1) is 0 Å². The molecule has 5 rings (SSSR count). The van der Waals surface area contributed by atoms with Crippen molar-refractivity contribution in [2.75, 3.05) is 26.2 Å². The molecule has 1 aromatic heterocycles. The monoisotopic (exact) mass is 529 g/mol. The highest BCUT2D eigenvalue weighted by Gasteiger charge is 2.27. The maximum absolute atomic E-state index is 13.4. The Bertz CT molecular complexity index is 1480. The SMILES string of the molecule is N#CC(=Cc1cn(-c2ccccc2)nc1-c1cccc(S(=O)(=O)N2CCCCC2)c1)C(=O)N1CCCCC1. The lowest BCUT2D eigenvalue weighted by atomic mass is 10.0. The van der Waals surface area contributed by atoms with Crippen molar-refractivity contribution >= 4 is 22.0 Å². The molecule has 2 fully saturated rings. The van der Waals surface area contributed by atoms with Gasteiger partial charge in [-0.25, -0.2) is 13.1 Å². The Balaban J connectivity index is 1.57. The zero-order chi connectivity index (χ0) is 26.5. The molecule has 0 atom stereocenters. The maximum atomic E-state index is 13.4. The first-order valence-electron chi connectivity index (χ1n) is 13.1. The molecule has 2 saturated heterocycles.